The number of halogens is 1. The fourth-order valence-electron chi connectivity index (χ4n) is 4.33. The second-order valence-electron chi connectivity index (χ2n) is 8.69. The molecule has 1 aliphatic heterocycles. The third-order valence-corrected chi connectivity index (χ3v) is 6.06. The van der Waals surface area contributed by atoms with Crippen molar-refractivity contribution in [1.29, 1.82) is 0 Å². The number of esters is 1. The van der Waals surface area contributed by atoms with E-state index in [0.29, 0.717) is 57.2 Å². The molecule has 0 bridgehead atoms. The number of ether oxygens (including phenoxy) is 1. The summed E-state index contributed by atoms with van der Waals surface area (Å²) >= 11 is 0. The Bertz CT molecular complexity index is 1130. The summed E-state index contributed by atoms with van der Waals surface area (Å²) in [5, 5.41) is 0. The molecule has 1 aromatic heterocycles. The molecule has 2 heterocycles. The molecule has 7 nitrogen and oxygen atoms in total. The van der Waals surface area contributed by atoms with Crippen LogP contribution in [0.4, 0.5) is 4.39 Å². The van der Waals surface area contributed by atoms with E-state index in [1.165, 1.54) is 12.3 Å². The van der Waals surface area contributed by atoms with Crippen molar-refractivity contribution in [2.75, 3.05) is 19.7 Å². The predicted octanol–water partition coefficient (Wildman–Crippen LogP) is 4.43. The van der Waals surface area contributed by atoms with E-state index in [4.69, 9.17) is 9.15 Å². The molecule has 1 atom stereocenters. The maximum absolute atomic E-state index is 14.3. The number of carbonyl (C=O) groups excluding carboxylic acids is 2. The van der Waals surface area contributed by atoms with Crippen LogP contribution in [0.25, 0.3) is 0 Å². The first-order valence-electron chi connectivity index (χ1n) is 11.9. The number of amides is 1. The van der Waals surface area contributed by atoms with Crippen LogP contribution in [0.5, 0.6) is 0 Å². The summed E-state index contributed by atoms with van der Waals surface area (Å²) in [5.41, 5.74) is 1.85. The minimum absolute atomic E-state index is 0.204. The Hall–Kier alpha value is -3.52. The zero-order chi connectivity index (χ0) is 24.6. The fraction of sp³-hybridized carbons (Fsp3) is 0.370. The van der Waals surface area contributed by atoms with Crippen molar-refractivity contribution in [1.82, 2.24) is 14.8 Å². The highest BCUT2D eigenvalue weighted by atomic mass is 19.1. The Labute approximate surface area is 204 Å². The Morgan fingerprint density at radius 2 is 1.89 bits per heavy atom. The van der Waals surface area contributed by atoms with Gasteiger partial charge in [0.1, 0.15) is 12.1 Å². The SMILES string of the molecule is CCOC(=O)C1CCCN(C(=O)c2coc(CN(Cc3ccccc3)Cc3ccccc3F)n2)C1. The topological polar surface area (TPSA) is 75.9 Å². The molecule has 1 fully saturated rings. The van der Waals surface area contributed by atoms with E-state index in [9.17, 15) is 14.0 Å². The van der Waals surface area contributed by atoms with Crippen molar-refractivity contribution in [3.63, 3.8) is 0 Å². The molecule has 3 aromatic rings. The molecule has 0 saturated carbocycles. The lowest BCUT2D eigenvalue weighted by Gasteiger charge is -2.30. The number of benzene rings is 2. The fourth-order valence-corrected chi connectivity index (χ4v) is 4.33. The zero-order valence-corrected chi connectivity index (χ0v) is 19.9. The van der Waals surface area contributed by atoms with Gasteiger partial charge in [0.05, 0.1) is 19.1 Å². The van der Waals surface area contributed by atoms with E-state index in [1.54, 1.807) is 24.0 Å². The molecule has 1 aliphatic rings. The number of aromatic nitrogens is 1. The molecule has 4 rings (SSSR count). The molecule has 184 valence electrons. The van der Waals surface area contributed by atoms with Crippen molar-refractivity contribution in [3.05, 3.63) is 89.4 Å². The summed E-state index contributed by atoms with van der Waals surface area (Å²) < 4.78 is 25.1. The smallest absolute Gasteiger partial charge is 0.310 e. The maximum Gasteiger partial charge on any atom is 0.310 e. The molecule has 1 amide bonds. The minimum atomic E-state index is -0.318. The van der Waals surface area contributed by atoms with Crippen LogP contribution in [-0.4, -0.2) is 46.4 Å². The first-order chi connectivity index (χ1) is 17.0. The van der Waals surface area contributed by atoms with Crippen molar-refractivity contribution in [2.24, 2.45) is 5.92 Å². The van der Waals surface area contributed by atoms with Crippen molar-refractivity contribution < 1.29 is 23.1 Å². The van der Waals surface area contributed by atoms with E-state index >= 15 is 0 Å². The van der Waals surface area contributed by atoms with Gasteiger partial charge >= 0.3 is 5.97 Å². The van der Waals surface area contributed by atoms with Gasteiger partial charge in [0.25, 0.3) is 5.91 Å². The van der Waals surface area contributed by atoms with Crippen molar-refractivity contribution in [3.8, 4) is 0 Å². The normalized spacial score (nSPS) is 15.9. The van der Waals surface area contributed by atoms with E-state index in [0.717, 1.165) is 12.0 Å². The molecular formula is C27H30FN3O4. The number of hydrogen-bond acceptors (Lipinski definition) is 6. The molecule has 35 heavy (non-hydrogen) atoms. The van der Waals surface area contributed by atoms with Gasteiger partial charge in [0.15, 0.2) is 5.69 Å². The van der Waals surface area contributed by atoms with Gasteiger partial charge in [-0.15, -0.1) is 0 Å². The average molecular weight is 480 g/mol. The molecule has 8 heteroatoms. The van der Waals surface area contributed by atoms with Crippen LogP contribution in [0.3, 0.4) is 0 Å². The summed E-state index contributed by atoms with van der Waals surface area (Å²) in [7, 11) is 0. The summed E-state index contributed by atoms with van der Waals surface area (Å²) in [6.07, 6.45) is 2.79. The number of hydrogen-bond donors (Lipinski definition) is 0. The molecule has 0 aliphatic carbocycles. The standard InChI is InChI=1S/C27H30FN3O4/c1-2-34-27(33)22-12-8-14-31(17-22)26(32)24-19-35-25(29-24)18-30(15-20-9-4-3-5-10-20)16-21-11-6-7-13-23(21)28/h3-7,9-11,13,19,22H,2,8,12,14-18H2,1H3. The van der Waals surface area contributed by atoms with Crippen LogP contribution in [0.15, 0.2) is 65.3 Å². The maximum atomic E-state index is 14.3. The van der Waals surface area contributed by atoms with Gasteiger partial charge in [-0.25, -0.2) is 9.37 Å². The third kappa shape index (κ3) is 6.54. The number of piperidine rings is 1. The number of nitrogens with zero attached hydrogens (tertiary/aromatic N) is 3. The Kier molecular flexibility index (Phi) is 8.26. The van der Waals surface area contributed by atoms with E-state index in [2.05, 4.69) is 4.98 Å². The van der Waals surface area contributed by atoms with Crippen LogP contribution in [-0.2, 0) is 29.2 Å². The summed E-state index contributed by atoms with van der Waals surface area (Å²) in [4.78, 5) is 33.2. The lowest BCUT2D eigenvalue weighted by atomic mass is 9.98. The lowest BCUT2D eigenvalue weighted by Crippen LogP contribution is -2.43. The van der Waals surface area contributed by atoms with Crippen molar-refractivity contribution in [2.45, 2.75) is 39.4 Å². The molecule has 0 radical (unpaired) electrons. The van der Waals surface area contributed by atoms with Crippen LogP contribution in [0.2, 0.25) is 0 Å². The number of rotatable bonds is 9. The molecule has 0 N–H and O–H groups in total. The molecule has 2 aromatic carbocycles. The van der Waals surface area contributed by atoms with Gasteiger partial charge in [0, 0.05) is 31.7 Å². The zero-order valence-electron chi connectivity index (χ0n) is 19.9. The third-order valence-electron chi connectivity index (χ3n) is 6.06. The monoisotopic (exact) mass is 479 g/mol. The van der Waals surface area contributed by atoms with Gasteiger partial charge in [-0.05, 0) is 31.4 Å². The van der Waals surface area contributed by atoms with Crippen LogP contribution in [0, 0.1) is 11.7 Å². The molecule has 0 spiro atoms. The highest BCUT2D eigenvalue weighted by molar-refractivity contribution is 5.92. The van der Waals surface area contributed by atoms with Gasteiger partial charge in [-0.3, -0.25) is 14.5 Å². The minimum Gasteiger partial charge on any atom is -0.466 e. The van der Waals surface area contributed by atoms with Gasteiger partial charge in [-0.2, -0.15) is 0 Å². The molecular weight excluding hydrogens is 449 g/mol. The first-order valence-corrected chi connectivity index (χ1v) is 11.9. The van der Waals surface area contributed by atoms with E-state index in [1.807, 2.05) is 41.3 Å². The van der Waals surface area contributed by atoms with Gasteiger partial charge < -0.3 is 14.1 Å². The predicted molar refractivity (Wildman–Crippen MR) is 128 cm³/mol. The van der Waals surface area contributed by atoms with E-state index < -0.39 is 0 Å². The summed E-state index contributed by atoms with van der Waals surface area (Å²) in [6.45, 7) is 4.20. The molecule has 1 unspecified atom stereocenters. The summed E-state index contributed by atoms with van der Waals surface area (Å²) in [5.74, 6) is -0.746. The Morgan fingerprint density at radius 3 is 2.66 bits per heavy atom. The highest BCUT2D eigenvalue weighted by Crippen LogP contribution is 2.21. The molecule has 1 saturated heterocycles. The number of oxazole rings is 1. The van der Waals surface area contributed by atoms with Crippen LogP contribution >= 0.6 is 0 Å². The van der Waals surface area contributed by atoms with Crippen LogP contribution < -0.4 is 0 Å². The quantitative estimate of drug-likeness (QED) is 0.423. The number of carbonyl (C=O) groups is 2. The van der Waals surface area contributed by atoms with Crippen LogP contribution in [0.1, 0.15) is 47.3 Å². The largest absolute Gasteiger partial charge is 0.466 e. The Morgan fingerprint density at radius 1 is 1.11 bits per heavy atom. The second-order valence-corrected chi connectivity index (χ2v) is 8.69. The first kappa shape index (κ1) is 24.6. The number of likely N-dealkylation sites (tertiary alicyclic amines) is 1. The second kappa shape index (κ2) is 11.8. The van der Waals surface area contributed by atoms with Gasteiger partial charge in [0.2, 0.25) is 5.89 Å². The highest BCUT2D eigenvalue weighted by Gasteiger charge is 2.31. The summed E-state index contributed by atoms with van der Waals surface area (Å²) in [6, 6.07) is 16.6. The van der Waals surface area contributed by atoms with Gasteiger partial charge in [-0.1, -0.05) is 48.5 Å². The Balaban J connectivity index is 1.45. The van der Waals surface area contributed by atoms with E-state index in [-0.39, 0.29) is 29.3 Å². The average Bonchev–Trinajstić information content (AvgIpc) is 3.34. The lowest BCUT2D eigenvalue weighted by molar-refractivity contribution is -0.149. The van der Waals surface area contributed by atoms with Crippen molar-refractivity contribution >= 4 is 11.9 Å².